The molecular formula is C16H21ClFNO5. The van der Waals surface area contributed by atoms with Gasteiger partial charge in [0.1, 0.15) is 18.5 Å². The average Bonchev–Trinajstić information content (AvgIpc) is 2.51. The molecule has 134 valence electrons. The van der Waals surface area contributed by atoms with E-state index in [1.54, 1.807) is 13.8 Å². The first-order valence-corrected chi connectivity index (χ1v) is 7.74. The van der Waals surface area contributed by atoms with E-state index in [9.17, 15) is 14.0 Å². The summed E-state index contributed by atoms with van der Waals surface area (Å²) in [4.78, 5) is 23.5. The standard InChI is InChI=1S/C16H21ClFNO5/c1-9(2)14(15(20)22-4)24-16(21)19-13-6-5-11(7-12(13)17)23-8-10(3)18/h5-7,9-10,14H,8H2,1-4H3,(H,19,21). The monoisotopic (exact) mass is 361 g/mol. The minimum Gasteiger partial charge on any atom is -0.491 e. The number of halogens is 2. The van der Waals surface area contributed by atoms with Gasteiger partial charge in [-0.1, -0.05) is 25.4 Å². The van der Waals surface area contributed by atoms with E-state index in [0.29, 0.717) is 5.75 Å². The van der Waals surface area contributed by atoms with E-state index in [1.165, 1.54) is 32.2 Å². The van der Waals surface area contributed by atoms with Gasteiger partial charge in [-0.3, -0.25) is 5.32 Å². The molecule has 1 N–H and O–H groups in total. The van der Waals surface area contributed by atoms with Crippen molar-refractivity contribution in [1.82, 2.24) is 0 Å². The molecule has 2 atom stereocenters. The van der Waals surface area contributed by atoms with Gasteiger partial charge in [0.2, 0.25) is 6.10 Å². The Kier molecular flexibility index (Phi) is 7.78. The third-order valence-corrected chi connectivity index (χ3v) is 3.24. The van der Waals surface area contributed by atoms with Gasteiger partial charge in [-0.05, 0) is 19.1 Å². The third-order valence-electron chi connectivity index (χ3n) is 2.93. The van der Waals surface area contributed by atoms with E-state index in [2.05, 4.69) is 10.1 Å². The van der Waals surface area contributed by atoms with Crippen LogP contribution in [0.4, 0.5) is 14.9 Å². The summed E-state index contributed by atoms with van der Waals surface area (Å²) in [7, 11) is 1.22. The molecule has 1 amide bonds. The fourth-order valence-corrected chi connectivity index (χ4v) is 1.94. The molecule has 0 saturated carbocycles. The summed E-state index contributed by atoms with van der Waals surface area (Å²) in [6, 6.07) is 4.47. The minimum atomic E-state index is -1.11. The Morgan fingerprint density at radius 2 is 1.96 bits per heavy atom. The Bertz CT molecular complexity index is 580. The summed E-state index contributed by atoms with van der Waals surface area (Å²) in [5, 5.41) is 2.63. The highest BCUT2D eigenvalue weighted by molar-refractivity contribution is 6.33. The molecule has 0 aromatic heterocycles. The van der Waals surface area contributed by atoms with Crippen molar-refractivity contribution in [1.29, 1.82) is 0 Å². The largest absolute Gasteiger partial charge is 0.491 e. The molecule has 6 nitrogen and oxygen atoms in total. The molecule has 0 bridgehead atoms. The summed E-state index contributed by atoms with van der Waals surface area (Å²) < 4.78 is 27.6. The Hall–Kier alpha value is -2.02. The molecule has 0 fully saturated rings. The van der Waals surface area contributed by atoms with Crippen LogP contribution in [0.1, 0.15) is 20.8 Å². The van der Waals surface area contributed by atoms with E-state index in [4.69, 9.17) is 21.1 Å². The topological polar surface area (TPSA) is 73.9 Å². The molecule has 0 aliphatic rings. The molecule has 1 rings (SSSR count). The number of carbonyl (C=O) groups is 2. The predicted molar refractivity (Wildman–Crippen MR) is 88.3 cm³/mol. The van der Waals surface area contributed by atoms with Crippen LogP contribution in [0.2, 0.25) is 5.02 Å². The van der Waals surface area contributed by atoms with Gasteiger partial charge in [0.25, 0.3) is 0 Å². The molecule has 0 saturated heterocycles. The summed E-state index contributed by atoms with van der Waals surface area (Å²) in [5.41, 5.74) is 0.273. The summed E-state index contributed by atoms with van der Waals surface area (Å²) >= 11 is 6.04. The van der Waals surface area contributed by atoms with Gasteiger partial charge in [-0.25, -0.2) is 14.0 Å². The lowest BCUT2D eigenvalue weighted by Crippen LogP contribution is -2.34. The van der Waals surface area contributed by atoms with Crippen LogP contribution < -0.4 is 10.1 Å². The van der Waals surface area contributed by atoms with Crippen LogP contribution in [0.15, 0.2) is 18.2 Å². The number of nitrogens with one attached hydrogen (secondary N) is 1. The Morgan fingerprint density at radius 3 is 2.46 bits per heavy atom. The van der Waals surface area contributed by atoms with Crippen molar-refractivity contribution < 1.29 is 28.2 Å². The second-order valence-electron chi connectivity index (χ2n) is 5.45. The molecule has 2 unspecified atom stereocenters. The molecule has 1 aromatic carbocycles. The lowest BCUT2D eigenvalue weighted by Gasteiger charge is -2.19. The molecule has 0 spiro atoms. The van der Waals surface area contributed by atoms with Crippen molar-refractivity contribution >= 4 is 29.4 Å². The van der Waals surface area contributed by atoms with Crippen molar-refractivity contribution in [2.75, 3.05) is 19.0 Å². The number of esters is 1. The highest BCUT2D eigenvalue weighted by Gasteiger charge is 2.27. The maximum Gasteiger partial charge on any atom is 0.412 e. The first kappa shape index (κ1) is 20.0. The SMILES string of the molecule is COC(=O)C(OC(=O)Nc1ccc(OCC(C)F)cc1Cl)C(C)C. The Labute approximate surface area is 145 Å². The number of alkyl halides is 1. The van der Waals surface area contributed by atoms with Crippen LogP contribution in [0.25, 0.3) is 0 Å². The molecular weight excluding hydrogens is 341 g/mol. The van der Waals surface area contributed by atoms with Crippen molar-refractivity contribution in [3.8, 4) is 5.75 Å². The number of hydrogen-bond acceptors (Lipinski definition) is 5. The van der Waals surface area contributed by atoms with Gasteiger partial charge in [0.15, 0.2) is 0 Å². The number of methoxy groups -OCH3 is 1. The zero-order valence-electron chi connectivity index (χ0n) is 14.0. The van der Waals surface area contributed by atoms with Crippen LogP contribution in [0, 0.1) is 5.92 Å². The van der Waals surface area contributed by atoms with Gasteiger partial charge in [0, 0.05) is 12.0 Å². The van der Waals surface area contributed by atoms with Crippen molar-refractivity contribution in [3.63, 3.8) is 0 Å². The van der Waals surface area contributed by atoms with Gasteiger partial charge in [0.05, 0.1) is 17.8 Å². The molecule has 24 heavy (non-hydrogen) atoms. The second-order valence-corrected chi connectivity index (χ2v) is 5.86. The zero-order chi connectivity index (χ0) is 18.3. The number of amides is 1. The molecule has 0 radical (unpaired) electrons. The van der Waals surface area contributed by atoms with Crippen LogP contribution in [0.3, 0.4) is 0 Å². The zero-order valence-corrected chi connectivity index (χ0v) is 14.7. The van der Waals surface area contributed by atoms with Crippen LogP contribution in [-0.2, 0) is 14.3 Å². The minimum absolute atomic E-state index is 0.0969. The molecule has 1 aromatic rings. The fourth-order valence-electron chi connectivity index (χ4n) is 1.73. The second kappa shape index (κ2) is 9.32. The summed E-state index contributed by atoms with van der Waals surface area (Å²) in [5.74, 6) is -0.523. The van der Waals surface area contributed by atoms with Crippen LogP contribution in [0.5, 0.6) is 5.75 Å². The first-order chi connectivity index (χ1) is 11.2. The van der Waals surface area contributed by atoms with Crippen LogP contribution in [-0.4, -0.2) is 38.1 Å². The fraction of sp³-hybridized carbons (Fsp3) is 0.500. The summed E-state index contributed by atoms with van der Waals surface area (Å²) in [6.45, 7) is 4.72. The van der Waals surface area contributed by atoms with Crippen molar-refractivity contribution in [2.45, 2.75) is 33.0 Å². The van der Waals surface area contributed by atoms with Crippen molar-refractivity contribution in [3.05, 3.63) is 23.2 Å². The Morgan fingerprint density at radius 1 is 1.29 bits per heavy atom. The molecule has 0 aliphatic heterocycles. The summed E-state index contributed by atoms with van der Waals surface area (Å²) in [6.07, 6.45) is -2.97. The van der Waals surface area contributed by atoms with Gasteiger partial charge in [-0.15, -0.1) is 0 Å². The molecule has 0 heterocycles. The number of carbonyl (C=O) groups excluding carboxylic acids is 2. The number of benzene rings is 1. The van der Waals surface area contributed by atoms with Gasteiger partial charge < -0.3 is 14.2 Å². The lowest BCUT2D eigenvalue weighted by molar-refractivity contribution is -0.152. The predicted octanol–water partition coefficient (Wildman–Crippen LogP) is 3.82. The number of ether oxygens (including phenoxy) is 3. The quantitative estimate of drug-likeness (QED) is 0.747. The third kappa shape index (κ3) is 6.23. The number of anilines is 1. The lowest BCUT2D eigenvalue weighted by atomic mass is 10.1. The smallest absolute Gasteiger partial charge is 0.412 e. The molecule has 0 aliphatic carbocycles. The first-order valence-electron chi connectivity index (χ1n) is 7.36. The van der Waals surface area contributed by atoms with Gasteiger partial charge in [-0.2, -0.15) is 0 Å². The maximum absolute atomic E-state index is 12.8. The highest BCUT2D eigenvalue weighted by atomic mass is 35.5. The van der Waals surface area contributed by atoms with E-state index in [1.807, 2.05) is 0 Å². The molecule has 8 heteroatoms. The average molecular weight is 362 g/mol. The van der Waals surface area contributed by atoms with E-state index in [0.717, 1.165) is 0 Å². The normalized spacial score (nSPS) is 13.1. The van der Waals surface area contributed by atoms with E-state index in [-0.39, 0.29) is 23.2 Å². The van der Waals surface area contributed by atoms with Gasteiger partial charge >= 0.3 is 12.1 Å². The highest BCUT2D eigenvalue weighted by Crippen LogP contribution is 2.27. The van der Waals surface area contributed by atoms with E-state index < -0.39 is 24.3 Å². The van der Waals surface area contributed by atoms with Crippen molar-refractivity contribution in [2.24, 2.45) is 5.92 Å². The maximum atomic E-state index is 12.8. The number of rotatable bonds is 7. The Balaban J connectivity index is 2.71. The number of hydrogen-bond donors (Lipinski definition) is 1. The van der Waals surface area contributed by atoms with E-state index >= 15 is 0 Å². The van der Waals surface area contributed by atoms with Crippen LogP contribution >= 0.6 is 11.6 Å².